The smallest absolute Gasteiger partial charge is 0.322 e. The van der Waals surface area contributed by atoms with Crippen molar-refractivity contribution in [3.63, 3.8) is 0 Å². The molecule has 39 heavy (non-hydrogen) atoms. The number of rotatable bonds is 12. The zero-order chi connectivity index (χ0) is 27.9. The molecule has 2 aromatic heterocycles. The Morgan fingerprint density at radius 2 is 1.31 bits per heavy atom. The number of aliphatic carboxylic acids is 1. The molecule has 204 valence electrons. The van der Waals surface area contributed by atoms with Gasteiger partial charge in [-0.3, -0.25) is 19.2 Å². The molecule has 0 fully saturated rings. The Kier molecular flexibility index (Phi) is 8.59. The fraction of sp³-hybridized carbons (Fsp3) is 0.259. The van der Waals surface area contributed by atoms with Crippen molar-refractivity contribution in [3.8, 4) is 0 Å². The van der Waals surface area contributed by atoms with Gasteiger partial charge in [0.05, 0.1) is 12.6 Å². The molecule has 12 heteroatoms. The monoisotopic (exact) mass is 534 g/mol. The van der Waals surface area contributed by atoms with E-state index < -0.39 is 55.0 Å². The summed E-state index contributed by atoms with van der Waals surface area (Å²) in [5, 5.41) is 27.4. The van der Waals surface area contributed by atoms with Crippen LogP contribution in [0.4, 0.5) is 0 Å². The van der Waals surface area contributed by atoms with E-state index in [0.29, 0.717) is 0 Å². The van der Waals surface area contributed by atoms with Crippen molar-refractivity contribution in [1.29, 1.82) is 0 Å². The minimum Gasteiger partial charge on any atom is -0.480 e. The van der Waals surface area contributed by atoms with Crippen LogP contribution in [0.25, 0.3) is 21.8 Å². The Hall–Kier alpha value is -4.68. The minimum atomic E-state index is -1.42. The van der Waals surface area contributed by atoms with Gasteiger partial charge in [0.2, 0.25) is 17.7 Å². The lowest BCUT2D eigenvalue weighted by Gasteiger charge is -2.23. The number of amides is 3. The first-order chi connectivity index (χ1) is 18.8. The lowest BCUT2D eigenvalue weighted by atomic mass is 10.0. The molecule has 0 aliphatic carbocycles. The highest BCUT2D eigenvalue weighted by Crippen LogP contribution is 2.20. The van der Waals surface area contributed by atoms with Gasteiger partial charge in [-0.15, -0.1) is 0 Å². The molecular weight excluding hydrogens is 504 g/mol. The number of fused-ring (bicyclic) bond motifs is 2. The molecule has 4 rings (SSSR count). The molecule has 12 nitrogen and oxygen atoms in total. The van der Waals surface area contributed by atoms with E-state index >= 15 is 0 Å². The maximum absolute atomic E-state index is 13.3. The predicted octanol–water partition coefficient (Wildman–Crippen LogP) is -0.0756. The summed E-state index contributed by atoms with van der Waals surface area (Å²) in [4.78, 5) is 55.7. The summed E-state index contributed by atoms with van der Waals surface area (Å²) in [5.74, 6) is -3.46. The molecule has 0 saturated carbocycles. The highest BCUT2D eigenvalue weighted by Gasteiger charge is 2.29. The Morgan fingerprint density at radius 3 is 1.87 bits per heavy atom. The lowest BCUT2D eigenvalue weighted by molar-refractivity contribution is -0.138. The summed E-state index contributed by atoms with van der Waals surface area (Å²) in [6, 6.07) is 11.5. The van der Waals surface area contributed by atoms with Gasteiger partial charge in [0, 0.05) is 40.6 Å². The largest absolute Gasteiger partial charge is 0.480 e. The number of H-pyrrole nitrogens is 2. The fourth-order valence-electron chi connectivity index (χ4n) is 4.39. The molecule has 0 aliphatic heterocycles. The van der Waals surface area contributed by atoms with Crippen molar-refractivity contribution in [2.24, 2.45) is 5.73 Å². The number of hydrogen-bond acceptors (Lipinski definition) is 6. The second-order valence-electron chi connectivity index (χ2n) is 9.15. The lowest BCUT2D eigenvalue weighted by Crippen LogP contribution is -2.57. The first kappa shape index (κ1) is 27.4. The number of para-hydroxylation sites is 2. The molecule has 9 N–H and O–H groups in total. The van der Waals surface area contributed by atoms with Gasteiger partial charge in [0.15, 0.2) is 0 Å². The van der Waals surface area contributed by atoms with E-state index in [1.807, 2.05) is 48.5 Å². The highest BCUT2D eigenvalue weighted by atomic mass is 16.4. The number of carbonyl (C=O) groups excluding carboxylic acids is 3. The third-order valence-corrected chi connectivity index (χ3v) is 6.41. The van der Waals surface area contributed by atoms with Gasteiger partial charge in [-0.2, -0.15) is 0 Å². The number of aliphatic hydroxyl groups excluding tert-OH is 1. The van der Waals surface area contributed by atoms with Crippen LogP contribution in [-0.4, -0.2) is 75.1 Å². The van der Waals surface area contributed by atoms with Crippen molar-refractivity contribution in [2.75, 3.05) is 13.2 Å². The average molecular weight is 535 g/mol. The topological polar surface area (TPSA) is 202 Å². The highest BCUT2D eigenvalue weighted by molar-refractivity contribution is 5.95. The van der Waals surface area contributed by atoms with Crippen LogP contribution in [0.3, 0.4) is 0 Å². The van der Waals surface area contributed by atoms with Gasteiger partial charge in [-0.05, 0) is 29.7 Å². The molecule has 3 atom stereocenters. The van der Waals surface area contributed by atoms with Crippen LogP contribution in [0.15, 0.2) is 60.9 Å². The van der Waals surface area contributed by atoms with Crippen molar-refractivity contribution in [1.82, 2.24) is 25.9 Å². The normalized spacial score (nSPS) is 13.5. The summed E-state index contributed by atoms with van der Waals surface area (Å²) < 4.78 is 0. The molecule has 4 aromatic rings. The van der Waals surface area contributed by atoms with Crippen LogP contribution in [0.1, 0.15) is 11.1 Å². The number of carboxylic acid groups (broad SMARTS) is 1. The second kappa shape index (κ2) is 12.2. The Balaban J connectivity index is 1.51. The van der Waals surface area contributed by atoms with E-state index in [1.54, 1.807) is 12.4 Å². The fourth-order valence-corrected chi connectivity index (χ4v) is 4.39. The van der Waals surface area contributed by atoms with Crippen molar-refractivity contribution < 1.29 is 29.4 Å². The Morgan fingerprint density at radius 1 is 0.769 bits per heavy atom. The zero-order valence-corrected chi connectivity index (χ0v) is 20.9. The summed E-state index contributed by atoms with van der Waals surface area (Å²) in [7, 11) is 0. The van der Waals surface area contributed by atoms with Gasteiger partial charge >= 0.3 is 5.97 Å². The number of nitrogens with one attached hydrogen (secondary N) is 5. The van der Waals surface area contributed by atoms with E-state index in [2.05, 4.69) is 25.9 Å². The molecular formula is C27H30N6O6. The number of carbonyl (C=O) groups is 4. The first-order valence-electron chi connectivity index (χ1n) is 12.3. The SMILES string of the molecule is NC(Cc1c[nH]c2ccccc12)C(=O)NC(Cc1c[nH]c2ccccc12)C(=O)NC(CO)C(=O)NCC(=O)O. The summed E-state index contributed by atoms with van der Waals surface area (Å²) in [6.45, 7) is -1.45. The number of benzene rings is 2. The maximum atomic E-state index is 13.3. The number of nitrogens with two attached hydrogens (primary N) is 1. The molecule has 0 radical (unpaired) electrons. The Labute approximate surface area is 223 Å². The molecule has 0 saturated heterocycles. The quantitative estimate of drug-likeness (QED) is 0.124. The van der Waals surface area contributed by atoms with Crippen molar-refractivity contribution in [2.45, 2.75) is 31.0 Å². The molecule has 3 unspecified atom stereocenters. The number of aromatic amines is 2. The number of aliphatic hydroxyl groups is 1. The summed E-state index contributed by atoms with van der Waals surface area (Å²) in [5.41, 5.74) is 9.58. The van der Waals surface area contributed by atoms with Gasteiger partial charge in [-0.1, -0.05) is 36.4 Å². The van der Waals surface area contributed by atoms with E-state index in [1.165, 1.54) is 0 Å². The molecule has 0 aliphatic rings. The molecule has 0 bridgehead atoms. The molecule has 2 aromatic carbocycles. The number of aromatic nitrogens is 2. The van der Waals surface area contributed by atoms with Crippen molar-refractivity contribution >= 4 is 45.5 Å². The predicted molar refractivity (Wildman–Crippen MR) is 144 cm³/mol. The van der Waals surface area contributed by atoms with Gasteiger partial charge in [0.1, 0.15) is 18.6 Å². The van der Waals surface area contributed by atoms with Crippen LogP contribution < -0.4 is 21.7 Å². The number of carboxylic acids is 1. The molecule has 3 amide bonds. The van der Waals surface area contributed by atoms with E-state index in [9.17, 15) is 24.3 Å². The van der Waals surface area contributed by atoms with Gasteiger partial charge in [0.25, 0.3) is 0 Å². The van der Waals surface area contributed by atoms with Crippen LogP contribution in [0, 0.1) is 0 Å². The molecule has 2 heterocycles. The zero-order valence-electron chi connectivity index (χ0n) is 20.9. The summed E-state index contributed by atoms with van der Waals surface area (Å²) in [6.07, 6.45) is 3.80. The van der Waals surface area contributed by atoms with E-state index in [-0.39, 0.29) is 12.8 Å². The third kappa shape index (κ3) is 6.61. The summed E-state index contributed by atoms with van der Waals surface area (Å²) >= 11 is 0. The van der Waals surface area contributed by atoms with Crippen LogP contribution in [0.5, 0.6) is 0 Å². The van der Waals surface area contributed by atoms with Gasteiger partial charge in [-0.25, -0.2) is 0 Å². The van der Waals surface area contributed by atoms with Crippen molar-refractivity contribution in [3.05, 3.63) is 72.1 Å². The maximum Gasteiger partial charge on any atom is 0.322 e. The average Bonchev–Trinajstić information content (AvgIpc) is 3.53. The first-order valence-corrected chi connectivity index (χ1v) is 12.3. The molecule has 0 spiro atoms. The van der Waals surface area contributed by atoms with Crippen LogP contribution in [-0.2, 0) is 32.0 Å². The standard InChI is InChI=1S/C27H30N6O6/c28-19(9-15-11-29-20-7-3-1-5-17(15)20)25(37)32-22(10-16-12-30-21-8-4-2-6-18(16)21)27(39)33-23(14-34)26(38)31-13-24(35)36/h1-8,11-12,19,22-23,29-30,34H,9-10,13-14,28H2,(H,31,38)(H,32,37)(H,33,39)(H,35,36). The number of hydrogen-bond donors (Lipinski definition) is 8. The third-order valence-electron chi connectivity index (χ3n) is 6.41. The van der Waals surface area contributed by atoms with E-state index in [0.717, 1.165) is 32.9 Å². The minimum absolute atomic E-state index is 0.0658. The van der Waals surface area contributed by atoms with Crippen LogP contribution in [0.2, 0.25) is 0 Å². The van der Waals surface area contributed by atoms with Crippen LogP contribution >= 0.6 is 0 Å². The Bertz CT molecular complexity index is 1490. The second-order valence-corrected chi connectivity index (χ2v) is 9.15. The van der Waals surface area contributed by atoms with E-state index in [4.69, 9.17) is 10.8 Å². The van der Waals surface area contributed by atoms with Gasteiger partial charge < -0.3 is 41.9 Å².